The molecule has 0 heterocycles. The molecule has 0 saturated heterocycles. The highest BCUT2D eigenvalue weighted by atomic mass is 16.3. The Morgan fingerprint density at radius 1 is 1.08 bits per heavy atom. The molecule has 26 heavy (non-hydrogen) atoms. The number of benzene rings is 2. The van der Waals surface area contributed by atoms with Gasteiger partial charge in [0.15, 0.2) is 0 Å². The summed E-state index contributed by atoms with van der Waals surface area (Å²) in [7, 11) is 0. The summed E-state index contributed by atoms with van der Waals surface area (Å²) in [4.78, 5) is 0. The predicted octanol–water partition coefficient (Wildman–Crippen LogP) is 4.04. The van der Waals surface area contributed by atoms with Crippen LogP contribution in [0.3, 0.4) is 0 Å². The third kappa shape index (κ3) is 2.57. The summed E-state index contributed by atoms with van der Waals surface area (Å²) < 4.78 is 0. The van der Waals surface area contributed by atoms with E-state index in [0.717, 1.165) is 31.2 Å². The zero-order valence-electron chi connectivity index (χ0n) is 15.4. The topological polar surface area (TPSA) is 60.7 Å². The number of hydrogen-bond acceptors (Lipinski definition) is 3. The number of aliphatic hydroxyl groups is 2. The van der Waals surface area contributed by atoms with Crippen LogP contribution in [0.5, 0.6) is 5.75 Å². The van der Waals surface area contributed by atoms with Crippen molar-refractivity contribution < 1.29 is 15.3 Å². The van der Waals surface area contributed by atoms with Crippen LogP contribution in [0.2, 0.25) is 0 Å². The average Bonchev–Trinajstić information content (AvgIpc) is 2.64. The van der Waals surface area contributed by atoms with Crippen molar-refractivity contribution in [1.29, 1.82) is 0 Å². The Bertz CT molecular complexity index is 787. The second-order valence-electron chi connectivity index (χ2n) is 8.20. The van der Waals surface area contributed by atoms with E-state index in [4.69, 9.17) is 0 Å². The van der Waals surface area contributed by atoms with Gasteiger partial charge in [0.2, 0.25) is 0 Å². The van der Waals surface area contributed by atoms with Crippen molar-refractivity contribution in [3.05, 3.63) is 65.2 Å². The fraction of sp³-hybridized carbons (Fsp3) is 0.478. The Balaban J connectivity index is 1.78. The highest BCUT2D eigenvalue weighted by Gasteiger charge is 2.55. The number of fused-ring (bicyclic) bond motifs is 3. The lowest BCUT2D eigenvalue weighted by Gasteiger charge is -2.55. The molecule has 3 heteroatoms. The van der Waals surface area contributed by atoms with Gasteiger partial charge in [-0.15, -0.1) is 0 Å². The van der Waals surface area contributed by atoms with Gasteiger partial charge in [-0.2, -0.15) is 0 Å². The number of aliphatic hydroxyl groups excluding tert-OH is 1. The van der Waals surface area contributed by atoms with Gasteiger partial charge in [-0.1, -0.05) is 49.7 Å². The van der Waals surface area contributed by atoms with Gasteiger partial charge in [0.1, 0.15) is 11.4 Å². The van der Waals surface area contributed by atoms with Gasteiger partial charge >= 0.3 is 0 Å². The van der Waals surface area contributed by atoms with Crippen molar-refractivity contribution in [3.63, 3.8) is 0 Å². The first kappa shape index (κ1) is 17.6. The molecule has 2 aliphatic carbocycles. The van der Waals surface area contributed by atoms with E-state index in [1.807, 2.05) is 42.5 Å². The standard InChI is InChI=1S/C23H28O3/c1-2-12-22-15-21(25)23(26,17-6-4-3-5-7-17)14-18(22)9-8-16-13-19(24)10-11-20(16)22/h3-7,10-11,13,18,21,24-26H,2,8-9,12,14-15H2,1H3/t18-,21+,22-,23-/m1/s1. The van der Waals surface area contributed by atoms with Gasteiger partial charge in [0.25, 0.3) is 0 Å². The van der Waals surface area contributed by atoms with Gasteiger partial charge in [0.05, 0.1) is 6.10 Å². The van der Waals surface area contributed by atoms with Crippen molar-refractivity contribution in [1.82, 2.24) is 0 Å². The molecule has 138 valence electrons. The first-order valence-corrected chi connectivity index (χ1v) is 9.78. The van der Waals surface area contributed by atoms with Crippen LogP contribution < -0.4 is 0 Å². The van der Waals surface area contributed by atoms with Crippen LogP contribution >= 0.6 is 0 Å². The van der Waals surface area contributed by atoms with Crippen LogP contribution in [0.4, 0.5) is 0 Å². The molecule has 0 radical (unpaired) electrons. The molecule has 0 amide bonds. The highest BCUT2D eigenvalue weighted by Crippen LogP contribution is 2.57. The van der Waals surface area contributed by atoms with E-state index in [9.17, 15) is 15.3 Å². The van der Waals surface area contributed by atoms with Crippen LogP contribution in [-0.4, -0.2) is 21.4 Å². The summed E-state index contributed by atoms with van der Waals surface area (Å²) in [5, 5.41) is 32.4. The molecule has 2 aromatic carbocycles. The summed E-state index contributed by atoms with van der Waals surface area (Å²) in [5.41, 5.74) is 1.98. The molecular formula is C23H28O3. The maximum absolute atomic E-state index is 11.4. The molecule has 1 fully saturated rings. The molecule has 0 aliphatic heterocycles. The van der Waals surface area contributed by atoms with Crippen LogP contribution in [0, 0.1) is 5.92 Å². The zero-order chi connectivity index (χ0) is 18.4. The molecule has 4 rings (SSSR count). The third-order valence-electron chi connectivity index (χ3n) is 6.81. The number of aryl methyl sites for hydroxylation is 1. The Labute approximate surface area is 155 Å². The molecule has 0 aromatic heterocycles. The maximum atomic E-state index is 11.4. The second-order valence-corrected chi connectivity index (χ2v) is 8.20. The molecule has 0 bridgehead atoms. The summed E-state index contributed by atoms with van der Waals surface area (Å²) in [5.74, 6) is 0.638. The fourth-order valence-corrected chi connectivity index (χ4v) is 5.62. The number of rotatable bonds is 3. The Morgan fingerprint density at radius 3 is 2.58 bits per heavy atom. The van der Waals surface area contributed by atoms with E-state index in [1.165, 1.54) is 11.1 Å². The van der Waals surface area contributed by atoms with Crippen molar-refractivity contribution in [2.75, 3.05) is 0 Å². The van der Waals surface area contributed by atoms with Gasteiger partial charge in [-0.05, 0) is 66.8 Å². The third-order valence-corrected chi connectivity index (χ3v) is 6.81. The minimum Gasteiger partial charge on any atom is -0.508 e. The largest absolute Gasteiger partial charge is 0.508 e. The molecular weight excluding hydrogens is 324 g/mol. The van der Waals surface area contributed by atoms with Crippen molar-refractivity contribution in [2.45, 2.75) is 62.6 Å². The van der Waals surface area contributed by atoms with E-state index < -0.39 is 11.7 Å². The Kier molecular flexibility index (Phi) is 4.32. The number of phenols is 1. The van der Waals surface area contributed by atoms with Crippen molar-refractivity contribution >= 4 is 0 Å². The van der Waals surface area contributed by atoms with Gasteiger partial charge < -0.3 is 15.3 Å². The molecule has 2 aromatic rings. The lowest BCUT2D eigenvalue weighted by molar-refractivity contribution is -0.147. The number of aromatic hydroxyl groups is 1. The number of phenolic OH excluding ortho intramolecular Hbond substituents is 1. The first-order chi connectivity index (χ1) is 12.5. The zero-order valence-corrected chi connectivity index (χ0v) is 15.4. The Hall–Kier alpha value is -1.84. The fourth-order valence-electron chi connectivity index (χ4n) is 5.62. The molecule has 4 atom stereocenters. The van der Waals surface area contributed by atoms with E-state index in [-0.39, 0.29) is 5.41 Å². The van der Waals surface area contributed by atoms with E-state index >= 15 is 0 Å². The summed E-state index contributed by atoms with van der Waals surface area (Å²) in [6.45, 7) is 2.19. The minimum absolute atomic E-state index is 0.115. The van der Waals surface area contributed by atoms with Gasteiger partial charge in [-0.25, -0.2) is 0 Å². The monoisotopic (exact) mass is 352 g/mol. The molecule has 1 saturated carbocycles. The van der Waals surface area contributed by atoms with Crippen LogP contribution in [0.1, 0.15) is 55.7 Å². The van der Waals surface area contributed by atoms with Crippen molar-refractivity contribution in [2.24, 2.45) is 5.92 Å². The number of hydrogen-bond donors (Lipinski definition) is 3. The summed E-state index contributed by atoms with van der Waals surface area (Å²) in [6, 6.07) is 15.3. The molecule has 2 aliphatic rings. The predicted molar refractivity (Wildman–Crippen MR) is 102 cm³/mol. The van der Waals surface area contributed by atoms with E-state index in [0.29, 0.717) is 24.5 Å². The van der Waals surface area contributed by atoms with Crippen molar-refractivity contribution in [3.8, 4) is 5.75 Å². The average molecular weight is 352 g/mol. The molecule has 0 spiro atoms. The van der Waals surface area contributed by atoms with E-state index in [2.05, 4.69) is 6.92 Å². The molecule has 3 N–H and O–H groups in total. The van der Waals surface area contributed by atoms with Gasteiger partial charge in [-0.3, -0.25) is 0 Å². The SMILES string of the molecule is CCC[C@@]12C[C@H](O)[C@](O)(c3ccccc3)C[C@H]1CCc1cc(O)ccc12. The summed E-state index contributed by atoms with van der Waals surface area (Å²) >= 11 is 0. The normalized spacial score (nSPS) is 33.3. The summed E-state index contributed by atoms with van der Waals surface area (Å²) in [6.07, 6.45) is 4.28. The smallest absolute Gasteiger partial charge is 0.116 e. The second kappa shape index (κ2) is 6.40. The minimum atomic E-state index is -1.18. The van der Waals surface area contributed by atoms with Crippen LogP contribution in [0.25, 0.3) is 0 Å². The quantitative estimate of drug-likeness (QED) is 0.781. The lowest BCUT2D eigenvalue weighted by Crippen LogP contribution is -2.56. The lowest BCUT2D eigenvalue weighted by atomic mass is 9.51. The molecule has 0 unspecified atom stereocenters. The van der Waals surface area contributed by atoms with Crippen LogP contribution in [-0.2, 0) is 17.4 Å². The molecule has 3 nitrogen and oxygen atoms in total. The highest BCUT2D eigenvalue weighted by molar-refractivity contribution is 5.44. The van der Waals surface area contributed by atoms with Gasteiger partial charge in [0, 0.05) is 5.41 Å². The van der Waals surface area contributed by atoms with Crippen LogP contribution in [0.15, 0.2) is 48.5 Å². The Morgan fingerprint density at radius 2 is 1.85 bits per heavy atom. The first-order valence-electron chi connectivity index (χ1n) is 9.78. The van der Waals surface area contributed by atoms with E-state index in [1.54, 1.807) is 6.07 Å². The maximum Gasteiger partial charge on any atom is 0.116 e.